The second kappa shape index (κ2) is 14.9. The summed E-state index contributed by atoms with van der Waals surface area (Å²) in [7, 11) is 5.94. The second-order valence-corrected chi connectivity index (χ2v) is 19.6. The van der Waals surface area contributed by atoms with Gasteiger partial charge in [0.2, 0.25) is 0 Å². The highest BCUT2D eigenvalue weighted by atomic mass is 33.1. The highest BCUT2D eigenvalue weighted by Gasteiger charge is 2.30. The first-order chi connectivity index (χ1) is 21.2. The fourth-order valence-corrected chi connectivity index (χ4v) is 9.56. The maximum absolute atomic E-state index is 11.5. The Bertz CT molecular complexity index is 1430. The quantitative estimate of drug-likeness (QED) is 0.145. The first kappa shape index (κ1) is 38.9. The highest BCUT2D eigenvalue weighted by Crippen LogP contribution is 2.54. The van der Waals surface area contributed by atoms with Gasteiger partial charge in [-0.25, -0.2) is 0 Å². The van der Waals surface area contributed by atoms with Crippen LogP contribution in [0.1, 0.15) is 137 Å². The van der Waals surface area contributed by atoms with Gasteiger partial charge in [-0.3, -0.25) is 0 Å². The molecule has 0 fully saturated rings. The van der Waals surface area contributed by atoms with Crippen LogP contribution in [0.3, 0.4) is 0 Å². The molecule has 7 heteroatoms. The van der Waals surface area contributed by atoms with Crippen molar-refractivity contribution in [2.75, 3.05) is 0 Å². The summed E-state index contributed by atoms with van der Waals surface area (Å²) < 4.78 is 0. The van der Waals surface area contributed by atoms with E-state index >= 15 is 0 Å². The smallest absolute Gasteiger partial charge is 0.144 e. The third-order valence-corrected chi connectivity index (χ3v) is 15.1. The molecule has 0 aliphatic carbocycles. The Morgan fingerprint density at radius 1 is 0.435 bits per heavy atom. The van der Waals surface area contributed by atoms with E-state index in [4.69, 9.17) is 0 Å². The Morgan fingerprint density at radius 3 is 1.00 bits per heavy atom. The molecule has 0 spiro atoms. The van der Waals surface area contributed by atoms with Crippen LogP contribution in [0.5, 0.6) is 17.2 Å². The summed E-state index contributed by atoms with van der Waals surface area (Å²) in [5.74, 6) is 0.875. The summed E-state index contributed by atoms with van der Waals surface area (Å²) in [5.41, 5.74) is 5.02. The Hall–Kier alpha value is -1.54. The van der Waals surface area contributed by atoms with Crippen LogP contribution >= 0.6 is 43.2 Å². The van der Waals surface area contributed by atoms with Crippen molar-refractivity contribution in [1.29, 1.82) is 0 Å². The van der Waals surface area contributed by atoms with Crippen LogP contribution in [0.4, 0.5) is 0 Å². The molecule has 0 atom stereocenters. The van der Waals surface area contributed by atoms with E-state index in [1.165, 1.54) is 54.3 Å². The minimum absolute atomic E-state index is 0.0276. The molecule has 3 rings (SSSR count). The molecule has 0 aliphatic rings. The van der Waals surface area contributed by atoms with Crippen LogP contribution in [-0.4, -0.2) is 15.3 Å². The van der Waals surface area contributed by atoms with Gasteiger partial charge >= 0.3 is 0 Å². The van der Waals surface area contributed by atoms with E-state index in [2.05, 4.69) is 107 Å². The molecule has 3 aromatic rings. The third-order valence-electron chi connectivity index (χ3n) is 10.3. The lowest BCUT2D eigenvalue weighted by atomic mass is 9.76. The molecule has 3 aromatic carbocycles. The number of aromatic hydroxyl groups is 3. The molecule has 3 nitrogen and oxygen atoms in total. The van der Waals surface area contributed by atoms with Gasteiger partial charge < -0.3 is 15.3 Å². The van der Waals surface area contributed by atoms with Crippen molar-refractivity contribution in [2.45, 2.75) is 157 Å². The normalized spacial score (nSPS) is 13.0. The molecular formula is C39H56O3S4. The average Bonchev–Trinajstić information content (AvgIpc) is 3.01. The maximum Gasteiger partial charge on any atom is 0.144 e. The van der Waals surface area contributed by atoms with E-state index in [1.54, 1.807) is 0 Å². The number of aryl methyl sites for hydroxylation is 1. The lowest BCUT2D eigenvalue weighted by molar-refractivity contribution is 0.414. The van der Waals surface area contributed by atoms with Crippen LogP contribution in [0.2, 0.25) is 0 Å². The maximum atomic E-state index is 11.5. The fourth-order valence-electron chi connectivity index (χ4n) is 4.97. The number of rotatable bonds is 14. The summed E-state index contributed by atoms with van der Waals surface area (Å²) in [5, 5.41) is 34.5. The molecule has 3 N–H and O–H groups in total. The van der Waals surface area contributed by atoms with Gasteiger partial charge in [0.25, 0.3) is 0 Å². The van der Waals surface area contributed by atoms with Crippen LogP contribution < -0.4 is 0 Å². The largest absolute Gasteiger partial charge is 0.506 e. The summed E-state index contributed by atoms with van der Waals surface area (Å²) in [6.07, 6.45) is 3.81. The molecule has 254 valence electrons. The van der Waals surface area contributed by atoms with E-state index < -0.39 is 0 Å². The van der Waals surface area contributed by atoms with Gasteiger partial charge in [0.15, 0.2) is 0 Å². The Kier molecular flexibility index (Phi) is 12.6. The van der Waals surface area contributed by atoms with Crippen molar-refractivity contribution in [2.24, 2.45) is 0 Å². The van der Waals surface area contributed by atoms with Gasteiger partial charge in [-0.2, -0.15) is 0 Å². The molecule has 0 saturated carbocycles. The predicted octanol–water partition coefficient (Wildman–Crippen LogP) is 13.5. The standard InChI is InChI=1S/C39H56O3S4/c1-14-36(6,7)25-20-27(38(10,11)16-3)33(40)31(22-25)45-43-29-18-24(5)19-30(35(29)42)44-46-32-23-26(37(8,9)15-2)21-28(34(32)41)39(12,13)17-4/h18-23,40-42H,14-17H2,1-13H3. The van der Waals surface area contributed by atoms with Crippen molar-refractivity contribution in [3.63, 3.8) is 0 Å². The SMILES string of the molecule is CCC(C)(C)c1cc(SSc2cc(C)cc(SSc3cc(C(C)(C)CC)cc(C(C)(C)CC)c3O)c2O)c(O)c(C(C)(C)CC)c1. The van der Waals surface area contributed by atoms with Gasteiger partial charge in [0.1, 0.15) is 17.2 Å². The summed E-state index contributed by atoms with van der Waals surface area (Å²) in [6, 6.07) is 12.6. The lowest BCUT2D eigenvalue weighted by Gasteiger charge is -2.30. The Labute approximate surface area is 295 Å². The van der Waals surface area contributed by atoms with Crippen LogP contribution in [0, 0.1) is 6.92 Å². The zero-order chi connectivity index (χ0) is 34.8. The van der Waals surface area contributed by atoms with E-state index in [-0.39, 0.29) is 27.4 Å². The zero-order valence-electron chi connectivity index (χ0n) is 30.3. The predicted molar refractivity (Wildman–Crippen MR) is 206 cm³/mol. The molecule has 0 unspecified atom stereocenters. The zero-order valence-corrected chi connectivity index (χ0v) is 33.5. The molecular weight excluding hydrogens is 645 g/mol. The first-order valence-corrected chi connectivity index (χ1v) is 20.8. The molecule has 0 radical (unpaired) electrons. The fraction of sp³-hybridized carbons (Fsp3) is 0.538. The van der Waals surface area contributed by atoms with E-state index in [0.29, 0.717) is 11.5 Å². The van der Waals surface area contributed by atoms with Crippen LogP contribution in [0.15, 0.2) is 56.0 Å². The van der Waals surface area contributed by atoms with Crippen molar-refractivity contribution >= 4 is 43.2 Å². The summed E-state index contributed by atoms with van der Waals surface area (Å²) in [4.78, 5) is 3.14. The minimum Gasteiger partial charge on any atom is -0.506 e. The average molecular weight is 701 g/mol. The topological polar surface area (TPSA) is 60.7 Å². The summed E-state index contributed by atoms with van der Waals surface area (Å²) >= 11 is 0. The van der Waals surface area contributed by atoms with E-state index in [0.717, 1.165) is 62.0 Å². The number of hydrogen-bond donors (Lipinski definition) is 3. The molecule has 0 saturated heterocycles. The molecule has 0 bridgehead atoms. The molecule has 0 aliphatic heterocycles. The van der Waals surface area contributed by atoms with Crippen molar-refractivity contribution in [3.05, 3.63) is 64.2 Å². The van der Waals surface area contributed by atoms with Gasteiger partial charge in [0.05, 0.1) is 19.6 Å². The van der Waals surface area contributed by atoms with E-state index in [9.17, 15) is 15.3 Å². The molecule has 0 aromatic heterocycles. The first-order valence-electron chi connectivity index (χ1n) is 16.5. The molecule has 0 heterocycles. The number of phenols is 3. The Balaban J connectivity index is 1.99. The van der Waals surface area contributed by atoms with E-state index in [1.807, 2.05) is 19.1 Å². The van der Waals surface area contributed by atoms with Gasteiger partial charge in [0, 0.05) is 11.1 Å². The number of phenolic OH excluding ortho intramolecular Hbond substituents is 3. The lowest BCUT2D eigenvalue weighted by Crippen LogP contribution is -2.20. The number of benzene rings is 3. The van der Waals surface area contributed by atoms with Crippen molar-refractivity contribution in [1.82, 2.24) is 0 Å². The van der Waals surface area contributed by atoms with Gasteiger partial charge in [-0.1, -0.05) is 95.2 Å². The minimum atomic E-state index is -0.169. The Morgan fingerprint density at radius 2 is 0.717 bits per heavy atom. The van der Waals surface area contributed by atoms with Crippen molar-refractivity contribution < 1.29 is 15.3 Å². The third kappa shape index (κ3) is 8.54. The molecule has 0 amide bonds. The number of hydrogen-bond acceptors (Lipinski definition) is 7. The van der Waals surface area contributed by atoms with Gasteiger partial charge in [-0.15, -0.1) is 0 Å². The van der Waals surface area contributed by atoms with Crippen molar-refractivity contribution in [3.8, 4) is 17.2 Å². The second-order valence-electron chi connectivity index (χ2n) is 15.1. The highest BCUT2D eigenvalue weighted by molar-refractivity contribution is 8.77. The summed E-state index contributed by atoms with van der Waals surface area (Å²) in [6.45, 7) is 28.5. The van der Waals surface area contributed by atoms with Gasteiger partial charge in [-0.05, 0) is 138 Å². The van der Waals surface area contributed by atoms with Crippen LogP contribution in [-0.2, 0) is 21.7 Å². The molecule has 46 heavy (non-hydrogen) atoms. The monoisotopic (exact) mass is 700 g/mol. The van der Waals surface area contributed by atoms with Crippen LogP contribution in [0.25, 0.3) is 0 Å².